The maximum absolute atomic E-state index is 13.6. The molecule has 28 heavy (non-hydrogen) atoms. The number of hydrogen-bond donors (Lipinski definition) is 0. The summed E-state index contributed by atoms with van der Waals surface area (Å²) in [5.41, 5.74) is 2.33. The molecule has 0 saturated carbocycles. The molecule has 2 rings (SSSR count). The van der Waals surface area contributed by atoms with Crippen LogP contribution in [0.3, 0.4) is 0 Å². The molecule has 0 bridgehead atoms. The van der Waals surface area contributed by atoms with Crippen LogP contribution in [0.2, 0.25) is 0 Å². The van der Waals surface area contributed by atoms with E-state index in [0.29, 0.717) is 5.92 Å². The lowest BCUT2D eigenvalue weighted by molar-refractivity contribution is -0.137. The number of carbonyl (C=O) groups excluding carboxylic acids is 2. The summed E-state index contributed by atoms with van der Waals surface area (Å²) >= 11 is 0. The monoisotopic (exact) mass is 382 g/mol. The average Bonchev–Trinajstić information content (AvgIpc) is 2.91. The fraction of sp³-hybridized carbons (Fsp3) is 0.318. The number of aryl methyl sites for hydroxylation is 1. The molecule has 1 aromatic heterocycles. The third kappa shape index (κ3) is 4.95. The van der Waals surface area contributed by atoms with Gasteiger partial charge < -0.3 is 9.30 Å². The molecule has 0 unspecified atom stereocenters. The van der Waals surface area contributed by atoms with Gasteiger partial charge in [-0.1, -0.05) is 26.0 Å². The molecular weight excluding hydrogens is 359 g/mol. The Morgan fingerprint density at radius 1 is 1.29 bits per heavy atom. The van der Waals surface area contributed by atoms with Crippen LogP contribution in [-0.2, 0) is 16.1 Å². The number of esters is 1. The fourth-order valence-electron chi connectivity index (χ4n) is 2.89. The lowest BCUT2D eigenvalue weighted by Crippen LogP contribution is -2.16. The Bertz CT molecular complexity index is 965. The minimum absolute atomic E-state index is 0.157. The number of nitrogens with zero attached hydrogens (tertiary/aromatic N) is 2. The predicted molar refractivity (Wildman–Crippen MR) is 104 cm³/mol. The van der Waals surface area contributed by atoms with Crippen LogP contribution >= 0.6 is 0 Å². The number of halogens is 1. The Kier molecular flexibility index (Phi) is 6.89. The highest BCUT2D eigenvalue weighted by molar-refractivity contribution is 6.02. The van der Waals surface area contributed by atoms with Gasteiger partial charge in [-0.25, -0.2) is 9.18 Å². The van der Waals surface area contributed by atoms with Gasteiger partial charge in [0.25, 0.3) is 0 Å². The number of carbonyl (C=O) groups is 2. The molecule has 0 N–H and O–H groups in total. The van der Waals surface area contributed by atoms with Crippen LogP contribution in [0.5, 0.6) is 0 Å². The van der Waals surface area contributed by atoms with Crippen molar-refractivity contribution in [2.45, 2.75) is 34.2 Å². The maximum Gasteiger partial charge on any atom is 0.349 e. The quantitative estimate of drug-likeness (QED) is 0.311. The first kappa shape index (κ1) is 21.1. The van der Waals surface area contributed by atoms with E-state index in [4.69, 9.17) is 4.74 Å². The van der Waals surface area contributed by atoms with Gasteiger partial charge in [0, 0.05) is 17.9 Å². The van der Waals surface area contributed by atoms with Crippen molar-refractivity contribution in [3.63, 3.8) is 0 Å². The standard InChI is InChI=1S/C22H23FN2O3/c1-14(2)12-25-15(3)9-17(16(25)4)10-18(11-24)22(27)28-13-21(26)19-7-5-6-8-20(19)23/h5-10,14H,12-13H2,1-4H3/b18-10+. The molecular formula is C22H23FN2O3. The Hall–Kier alpha value is -3.20. The summed E-state index contributed by atoms with van der Waals surface area (Å²) < 4.78 is 20.7. The molecule has 0 aliphatic carbocycles. The van der Waals surface area contributed by atoms with Gasteiger partial charge in [-0.05, 0) is 49.6 Å². The van der Waals surface area contributed by atoms with Gasteiger partial charge in [-0.2, -0.15) is 5.26 Å². The normalized spacial score (nSPS) is 11.4. The minimum atomic E-state index is -0.916. The molecule has 0 radical (unpaired) electrons. The van der Waals surface area contributed by atoms with Crippen molar-refractivity contribution < 1.29 is 18.7 Å². The second kappa shape index (κ2) is 9.14. The summed E-state index contributed by atoms with van der Waals surface area (Å²) in [6.45, 7) is 8.30. The minimum Gasteiger partial charge on any atom is -0.453 e. The van der Waals surface area contributed by atoms with Gasteiger partial charge in [-0.15, -0.1) is 0 Å². The number of aromatic nitrogens is 1. The Morgan fingerprint density at radius 3 is 2.57 bits per heavy atom. The van der Waals surface area contributed by atoms with Crippen molar-refractivity contribution in [1.82, 2.24) is 4.57 Å². The number of hydrogen-bond acceptors (Lipinski definition) is 4. The first-order valence-electron chi connectivity index (χ1n) is 8.98. The molecule has 5 nitrogen and oxygen atoms in total. The van der Waals surface area contributed by atoms with Crippen LogP contribution in [0, 0.1) is 36.9 Å². The Balaban J connectivity index is 2.15. The Morgan fingerprint density at radius 2 is 1.96 bits per heavy atom. The van der Waals surface area contributed by atoms with E-state index in [-0.39, 0.29) is 11.1 Å². The third-order valence-corrected chi connectivity index (χ3v) is 4.31. The molecule has 0 fully saturated rings. The van der Waals surface area contributed by atoms with Crippen LogP contribution in [0.4, 0.5) is 4.39 Å². The van der Waals surface area contributed by atoms with Crippen molar-refractivity contribution in [1.29, 1.82) is 5.26 Å². The second-order valence-electron chi connectivity index (χ2n) is 6.98. The summed E-state index contributed by atoms with van der Waals surface area (Å²) in [7, 11) is 0. The highest BCUT2D eigenvalue weighted by atomic mass is 19.1. The first-order valence-corrected chi connectivity index (χ1v) is 8.98. The number of Topliss-reactive ketones (excluding diaryl/α,β-unsaturated/α-hetero) is 1. The molecule has 0 aliphatic rings. The summed E-state index contributed by atoms with van der Waals surface area (Å²) in [5, 5.41) is 9.33. The molecule has 0 amide bonds. The van der Waals surface area contributed by atoms with Crippen LogP contribution < -0.4 is 0 Å². The van der Waals surface area contributed by atoms with Gasteiger partial charge >= 0.3 is 5.97 Å². The molecule has 0 spiro atoms. The number of ketones is 1. The van der Waals surface area contributed by atoms with Gasteiger partial charge in [0.2, 0.25) is 5.78 Å². The highest BCUT2D eigenvalue weighted by Crippen LogP contribution is 2.20. The van der Waals surface area contributed by atoms with Gasteiger partial charge in [0.15, 0.2) is 6.61 Å². The molecule has 0 saturated heterocycles. The van der Waals surface area contributed by atoms with E-state index in [2.05, 4.69) is 18.4 Å². The number of rotatable bonds is 7. The van der Waals surface area contributed by atoms with E-state index < -0.39 is 24.2 Å². The zero-order valence-corrected chi connectivity index (χ0v) is 16.5. The molecule has 0 aliphatic heterocycles. The lowest BCUT2D eigenvalue weighted by atomic mass is 10.1. The summed E-state index contributed by atoms with van der Waals surface area (Å²) in [4.78, 5) is 24.2. The molecule has 6 heteroatoms. The molecule has 0 atom stereocenters. The van der Waals surface area contributed by atoms with Crippen molar-refractivity contribution in [2.75, 3.05) is 6.61 Å². The zero-order valence-electron chi connectivity index (χ0n) is 16.5. The number of benzene rings is 1. The largest absolute Gasteiger partial charge is 0.453 e. The summed E-state index contributed by atoms with van der Waals surface area (Å²) in [6, 6.07) is 9.16. The van der Waals surface area contributed by atoms with Gasteiger partial charge in [-0.3, -0.25) is 4.79 Å². The van der Waals surface area contributed by atoms with Crippen molar-refractivity contribution in [2.24, 2.45) is 5.92 Å². The van der Waals surface area contributed by atoms with Crippen molar-refractivity contribution >= 4 is 17.8 Å². The average molecular weight is 382 g/mol. The van der Waals surface area contributed by atoms with Crippen LogP contribution in [0.1, 0.15) is 41.2 Å². The Labute approximate surface area is 164 Å². The maximum atomic E-state index is 13.6. The summed E-state index contributed by atoms with van der Waals surface area (Å²) in [6.07, 6.45) is 1.45. The van der Waals surface area contributed by atoms with E-state index >= 15 is 0 Å². The highest BCUT2D eigenvalue weighted by Gasteiger charge is 2.17. The number of nitriles is 1. The topological polar surface area (TPSA) is 72.1 Å². The van der Waals surface area contributed by atoms with E-state index in [9.17, 15) is 19.2 Å². The van der Waals surface area contributed by atoms with E-state index in [0.717, 1.165) is 29.6 Å². The molecule has 1 heterocycles. The molecule has 2 aromatic rings. The van der Waals surface area contributed by atoms with E-state index in [1.165, 1.54) is 24.3 Å². The number of ether oxygens (including phenoxy) is 1. The van der Waals surface area contributed by atoms with Crippen LogP contribution in [0.25, 0.3) is 6.08 Å². The SMILES string of the molecule is Cc1cc(/C=C(\C#N)C(=O)OCC(=O)c2ccccc2F)c(C)n1CC(C)C. The predicted octanol–water partition coefficient (Wildman–Crippen LogP) is 4.23. The van der Waals surface area contributed by atoms with Crippen LogP contribution in [0.15, 0.2) is 35.9 Å². The van der Waals surface area contributed by atoms with Crippen molar-refractivity contribution in [3.05, 3.63) is 64.2 Å². The van der Waals surface area contributed by atoms with Crippen molar-refractivity contribution in [3.8, 4) is 6.07 Å². The molecule has 1 aromatic carbocycles. The van der Waals surface area contributed by atoms with E-state index in [1.807, 2.05) is 26.0 Å². The van der Waals surface area contributed by atoms with E-state index in [1.54, 1.807) is 0 Å². The lowest BCUT2D eigenvalue weighted by Gasteiger charge is -2.12. The molecule has 146 valence electrons. The fourth-order valence-corrected chi connectivity index (χ4v) is 2.89. The van der Waals surface area contributed by atoms with Crippen LogP contribution in [-0.4, -0.2) is 22.9 Å². The first-order chi connectivity index (χ1) is 13.2. The third-order valence-electron chi connectivity index (χ3n) is 4.31. The second-order valence-corrected chi connectivity index (χ2v) is 6.98. The summed E-state index contributed by atoms with van der Waals surface area (Å²) in [5.74, 6) is -1.82. The van der Waals surface area contributed by atoms with Gasteiger partial charge in [0.05, 0.1) is 5.56 Å². The van der Waals surface area contributed by atoms with Gasteiger partial charge in [0.1, 0.15) is 17.5 Å². The zero-order chi connectivity index (χ0) is 20.8. The smallest absolute Gasteiger partial charge is 0.349 e.